The molecule has 0 bridgehead atoms. The Balaban J connectivity index is 1.77. The lowest BCUT2D eigenvalue weighted by atomic mass is 9.97. The van der Waals surface area contributed by atoms with Crippen molar-refractivity contribution in [2.75, 3.05) is 0 Å². The Kier molecular flexibility index (Phi) is 3.57. The molecular formula is C15H19N3O3S. The molecule has 1 aliphatic carbocycles. The van der Waals surface area contributed by atoms with Crippen LogP contribution in [-0.2, 0) is 28.3 Å². The number of oxazole rings is 1. The molecule has 118 valence electrons. The number of nitrogens with one attached hydrogen (secondary N) is 1. The van der Waals surface area contributed by atoms with Crippen molar-refractivity contribution in [3.63, 3.8) is 0 Å². The van der Waals surface area contributed by atoms with Crippen LogP contribution in [-0.4, -0.2) is 24.4 Å². The molecule has 0 saturated heterocycles. The summed E-state index contributed by atoms with van der Waals surface area (Å²) in [6.07, 6.45) is 4.23. The van der Waals surface area contributed by atoms with Gasteiger partial charge in [-0.15, -0.1) is 0 Å². The van der Waals surface area contributed by atoms with Gasteiger partial charge in [0.25, 0.3) is 15.1 Å². The highest BCUT2D eigenvalue weighted by Crippen LogP contribution is 2.25. The van der Waals surface area contributed by atoms with Crippen LogP contribution in [0.3, 0.4) is 0 Å². The van der Waals surface area contributed by atoms with Crippen molar-refractivity contribution in [3.8, 4) is 0 Å². The van der Waals surface area contributed by atoms with Crippen LogP contribution in [0, 0.1) is 0 Å². The zero-order chi connectivity index (χ0) is 16.0. The van der Waals surface area contributed by atoms with Gasteiger partial charge >= 0.3 is 0 Å². The number of sulfonamides is 1. The molecule has 0 fully saturated rings. The van der Waals surface area contributed by atoms with E-state index in [-0.39, 0.29) is 16.5 Å². The molecule has 0 radical (unpaired) electrons. The Hall–Kier alpha value is -1.73. The van der Waals surface area contributed by atoms with Crippen molar-refractivity contribution in [1.82, 2.24) is 14.7 Å². The fourth-order valence-corrected chi connectivity index (χ4v) is 3.60. The number of hydrogen-bond donors (Lipinski definition) is 1. The molecule has 22 heavy (non-hydrogen) atoms. The topological polar surface area (TPSA) is 85.1 Å². The van der Waals surface area contributed by atoms with Gasteiger partial charge < -0.3 is 4.42 Å². The van der Waals surface area contributed by atoms with Crippen LogP contribution in [0.2, 0.25) is 0 Å². The molecule has 0 saturated carbocycles. The zero-order valence-corrected chi connectivity index (χ0v) is 13.6. The fraction of sp³-hybridized carbons (Fsp3) is 0.467. The Morgan fingerprint density at radius 3 is 2.68 bits per heavy atom. The van der Waals surface area contributed by atoms with Gasteiger partial charge in [-0.3, -0.25) is 4.98 Å². The second kappa shape index (κ2) is 5.17. The number of pyridine rings is 1. The minimum atomic E-state index is -3.71. The number of fused-ring (bicyclic) bond motifs is 1. The molecule has 3 rings (SSSR count). The third-order valence-corrected chi connectivity index (χ3v) is 4.97. The molecule has 6 nitrogen and oxygen atoms in total. The summed E-state index contributed by atoms with van der Waals surface area (Å²) in [6.45, 7) is 5.76. The first kappa shape index (κ1) is 15.2. The second-order valence-electron chi connectivity index (χ2n) is 6.57. The van der Waals surface area contributed by atoms with E-state index in [4.69, 9.17) is 4.42 Å². The van der Waals surface area contributed by atoms with Gasteiger partial charge in [-0.25, -0.2) is 18.1 Å². The molecule has 1 N–H and O–H groups in total. The van der Waals surface area contributed by atoms with E-state index in [1.54, 1.807) is 6.20 Å². The number of rotatable bonds is 3. The van der Waals surface area contributed by atoms with Crippen LogP contribution >= 0.6 is 0 Å². The number of hydrogen-bond acceptors (Lipinski definition) is 5. The summed E-state index contributed by atoms with van der Waals surface area (Å²) in [4.78, 5) is 8.35. The van der Waals surface area contributed by atoms with Gasteiger partial charge in [0.05, 0.1) is 6.20 Å². The molecule has 2 heterocycles. The van der Waals surface area contributed by atoms with E-state index in [0.717, 1.165) is 11.3 Å². The highest BCUT2D eigenvalue weighted by Gasteiger charge is 2.30. The number of aromatic nitrogens is 2. The second-order valence-corrected chi connectivity index (χ2v) is 8.22. The summed E-state index contributed by atoms with van der Waals surface area (Å²) < 4.78 is 32.9. The molecular weight excluding hydrogens is 302 g/mol. The predicted octanol–water partition coefficient (Wildman–Crippen LogP) is 1.81. The average molecular weight is 321 g/mol. The van der Waals surface area contributed by atoms with Crippen molar-refractivity contribution >= 4 is 10.0 Å². The van der Waals surface area contributed by atoms with E-state index in [0.29, 0.717) is 18.7 Å². The standard InChI is InChI=1S/C15H19N3O3S/c1-15(2,3)14-17-9-13(21-14)22(19,20)18-11-7-10-5-4-6-16-12(10)8-11/h4-6,9,11,18H,7-8H2,1-3H3. The Bertz CT molecular complexity index is 765. The summed E-state index contributed by atoms with van der Waals surface area (Å²) in [5.74, 6) is 0.407. The lowest BCUT2D eigenvalue weighted by molar-refractivity contribution is 0.341. The van der Waals surface area contributed by atoms with E-state index >= 15 is 0 Å². The highest BCUT2D eigenvalue weighted by molar-refractivity contribution is 7.89. The van der Waals surface area contributed by atoms with Gasteiger partial charge in [-0.05, 0) is 18.1 Å². The Morgan fingerprint density at radius 1 is 1.27 bits per heavy atom. The summed E-state index contributed by atoms with van der Waals surface area (Å²) in [5, 5.41) is -0.138. The third kappa shape index (κ3) is 2.91. The van der Waals surface area contributed by atoms with Gasteiger partial charge in [0.1, 0.15) is 0 Å². The molecule has 0 spiro atoms. The van der Waals surface area contributed by atoms with Gasteiger partial charge in [0.2, 0.25) is 5.89 Å². The minimum Gasteiger partial charge on any atom is -0.427 e. The lowest BCUT2D eigenvalue weighted by Gasteiger charge is -2.13. The molecule has 2 aromatic rings. The van der Waals surface area contributed by atoms with E-state index in [1.165, 1.54) is 6.20 Å². The van der Waals surface area contributed by atoms with Crippen LogP contribution in [0.1, 0.15) is 37.9 Å². The summed E-state index contributed by atoms with van der Waals surface area (Å²) in [6, 6.07) is 3.64. The molecule has 1 unspecified atom stereocenters. The van der Waals surface area contributed by atoms with Crippen LogP contribution in [0.15, 0.2) is 34.0 Å². The van der Waals surface area contributed by atoms with Gasteiger partial charge in [0.15, 0.2) is 0 Å². The van der Waals surface area contributed by atoms with Crippen LogP contribution < -0.4 is 4.72 Å². The van der Waals surface area contributed by atoms with Gasteiger partial charge in [-0.1, -0.05) is 26.8 Å². The summed E-state index contributed by atoms with van der Waals surface area (Å²) >= 11 is 0. The molecule has 2 aromatic heterocycles. The summed E-state index contributed by atoms with van der Waals surface area (Å²) in [7, 11) is -3.71. The van der Waals surface area contributed by atoms with Gasteiger partial charge in [-0.2, -0.15) is 0 Å². The highest BCUT2D eigenvalue weighted by atomic mass is 32.2. The largest absolute Gasteiger partial charge is 0.427 e. The van der Waals surface area contributed by atoms with Crippen molar-refractivity contribution in [1.29, 1.82) is 0 Å². The fourth-order valence-electron chi connectivity index (χ4n) is 2.50. The van der Waals surface area contributed by atoms with E-state index in [2.05, 4.69) is 14.7 Å². The summed E-state index contributed by atoms with van der Waals surface area (Å²) in [5.41, 5.74) is 1.70. The monoisotopic (exact) mass is 321 g/mol. The normalized spacial score (nSPS) is 18.4. The Morgan fingerprint density at radius 2 is 2.05 bits per heavy atom. The zero-order valence-electron chi connectivity index (χ0n) is 12.8. The smallest absolute Gasteiger partial charge is 0.275 e. The average Bonchev–Trinajstić information content (AvgIpc) is 3.03. The van der Waals surface area contributed by atoms with E-state index < -0.39 is 10.0 Å². The van der Waals surface area contributed by atoms with Crippen molar-refractivity contribution in [3.05, 3.63) is 41.7 Å². The van der Waals surface area contributed by atoms with E-state index in [1.807, 2.05) is 32.9 Å². The molecule has 0 aromatic carbocycles. The van der Waals surface area contributed by atoms with Crippen molar-refractivity contribution in [2.24, 2.45) is 0 Å². The van der Waals surface area contributed by atoms with Crippen molar-refractivity contribution < 1.29 is 12.8 Å². The van der Waals surface area contributed by atoms with Crippen LogP contribution in [0.5, 0.6) is 0 Å². The molecule has 0 aliphatic heterocycles. The van der Waals surface area contributed by atoms with Gasteiger partial charge in [0, 0.05) is 29.8 Å². The molecule has 0 amide bonds. The van der Waals surface area contributed by atoms with E-state index in [9.17, 15) is 8.42 Å². The maximum atomic E-state index is 12.4. The first-order valence-electron chi connectivity index (χ1n) is 7.17. The predicted molar refractivity (Wildman–Crippen MR) is 81.0 cm³/mol. The third-order valence-electron chi connectivity index (χ3n) is 3.60. The van der Waals surface area contributed by atoms with Crippen LogP contribution in [0.25, 0.3) is 0 Å². The SMILES string of the molecule is CC(C)(C)c1ncc(S(=O)(=O)NC2Cc3cccnc3C2)o1. The minimum absolute atomic E-state index is 0.138. The first-order chi connectivity index (χ1) is 10.3. The lowest BCUT2D eigenvalue weighted by Crippen LogP contribution is -2.35. The maximum absolute atomic E-state index is 12.4. The quantitative estimate of drug-likeness (QED) is 0.932. The first-order valence-corrected chi connectivity index (χ1v) is 8.65. The van der Waals surface area contributed by atoms with Crippen molar-refractivity contribution in [2.45, 2.75) is 50.2 Å². The number of nitrogens with zero attached hydrogens (tertiary/aromatic N) is 2. The molecule has 1 aliphatic rings. The molecule has 7 heteroatoms. The molecule has 1 atom stereocenters. The maximum Gasteiger partial charge on any atom is 0.275 e. The van der Waals surface area contributed by atoms with Crippen LogP contribution in [0.4, 0.5) is 0 Å². The Labute approximate surface area is 130 Å².